The summed E-state index contributed by atoms with van der Waals surface area (Å²) in [5.41, 5.74) is 0.573. The van der Waals surface area contributed by atoms with Crippen molar-refractivity contribution in [2.24, 2.45) is 0 Å². The van der Waals surface area contributed by atoms with E-state index < -0.39 is 5.97 Å². The third-order valence-electron chi connectivity index (χ3n) is 4.93. The van der Waals surface area contributed by atoms with Gasteiger partial charge in [0.25, 0.3) is 5.91 Å². The topological polar surface area (TPSA) is 105 Å². The van der Waals surface area contributed by atoms with Gasteiger partial charge in [-0.3, -0.25) is 4.79 Å². The molecule has 1 N–H and O–H groups in total. The van der Waals surface area contributed by atoms with Crippen molar-refractivity contribution >= 4 is 17.9 Å². The average Bonchev–Trinajstić information content (AvgIpc) is 2.66. The molecule has 1 aliphatic heterocycles. The van der Waals surface area contributed by atoms with Crippen molar-refractivity contribution in [3.63, 3.8) is 0 Å². The summed E-state index contributed by atoms with van der Waals surface area (Å²) in [6, 6.07) is -0.266. The summed E-state index contributed by atoms with van der Waals surface area (Å²) in [4.78, 5) is 50.1. The number of carbonyl (C=O) groups excluding carboxylic acids is 3. The molecule has 1 aromatic heterocycles. The molecule has 30 heavy (non-hydrogen) atoms. The molecule has 0 aromatic carbocycles. The smallest absolute Gasteiger partial charge is 0.342 e. The molecule has 0 bridgehead atoms. The summed E-state index contributed by atoms with van der Waals surface area (Å²) < 4.78 is 5.30. The predicted octanol–water partition coefficient (Wildman–Crippen LogP) is 2.31. The fraction of sp³-hybridized carbons (Fsp3) is 0.667. The zero-order valence-electron chi connectivity index (χ0n) is 18.8. The Balaban J connectivity index is 2.18. The van der Waals surface area contributed by atoms with Crippen LogP contribution in [0.4, 0.5) is 4.79 Å². The number of rotatable bonds is 6. The number of urea groups is 1. The van der Waals surface area contributed by atoms with Crippen molar-refractivity contribution in [3.05, 3.63) is 22.8 Å². The molecule has 2 heterocycles. The summed E-state index contributed by atoms with van der Waals surface area (Å²) in [7, 11) is 0. The molecule has 2 rings (SSSR count). The van der Waals surface area contributed by atoms with E-state index in [2.05, 4.69) is 22.2 Å². The van der Waals surface area contributed by atoms with Crippen molar-refractivity contribution < 1.29 is 19.1 Å². The van der Waals surface area contributed by atoms with Crippen LogP contribution in [0.15, 0.2) is 0 Å². The van der Waals surface area contributed by atoms with Gasteiger partial charge in [-0.15, -0.1) is 0 Å². The molecule has 0 saturated carbocycles. The van der Waals surface area contributed by atoms with Gasteiger partial charge >= 0.3 is 12.0 Å². The largest absolute Gasteiger partial charge is 0.459 e. The maximum absolute atomic E-state index is 13.3. The highest BCUT2D eigenvalue weighted by Gasteiger charge is 2.33. The molecule has 1 fully saturated rings. The molecule has 1 atom stereocenters. The fourth-order valence-corrected chi connectivity index (χ4v) is 3.45. The van der Waals surface area contributed by atoms with Crippen LogP contribution in [0.25, 0.3) is 0 Å². The first-order chi connectivity index (χ1) is 14.1. The van der Waals surface area contributed by atoms with E-state index in [0.717, 1.165) is 12.8 Å². The third-order valence-corrected chi connectivity index (χ3v) is 4.93. The number of amides is 3. The number of nitrogens with zero attached hydrogens (tertiary/aromatic N) is 4. The Morgan fingerprint density at radius 3 is 2.50 bits per heavy atom. The van der Waals surface area contributed by atoms with Gasteiger partial charge in [0.2, 0.25) is 0 Å². The highest BCUT2D eigenvalue weighted by atomic mass is 16.5. The Labute approximate surface area is 178 Å². The summed E-state index contributed by atoms with van der Waals surface area (Å²) in [6.07, 6.45) is 1.62. The van der Waals surface area contributed by atoms with Crippen LogP contribution in [0.5, 0.6) is 0 Å². The predicted molar refractivity (Wildman–Crippen MR) is 112 cm³/mol. The second-order valence-corrected chi connectivity index (χ2v) is 7.91. The Hall–Kier alpha value is -2.71. The van der Waals surface area contributed by atoms with Crippen molar-refractivity contribution in [3.8, 4) is 0 Å². The van der Waals surface area contributed by atoms with E-state index in [1.807, 2.05) is 6.92 Å². The lowest BCUT2D eigenvalue weighted by atomic mass is 10.1. The Morgan fingerprint density at radius 1 is 1.20 bits per heavy atom. The number of hydrogen-bond acceptors (Lipinski definition) is 6. The first-order valence-electron chi connectivity index (χ1n) is 10.6. The van der Waals surface area contributed by atoms with Gasteiger partial charge in [0.1, 0.15) is 17.1 Å². The van der Waals surface area contributed by atoms with E-state index >= 15 is 0 Å². The van der Waals surface area contributed by atoms with Gasteiger partial charge in [-0.25, -0.2) is 19.6 Å². The molecule has 166 valence electrons. The van der Waals surface area contributed by atoms with Gasteiger partial charge < -0.3 is 19.9 Å². The Morgan fingerprint density at radius 2 is 1.90 bits per heavy atom. The Kier molecular flexibility index (Phi) is 8.14. The van der Waals surface area contributed by atoms with E-state index in [1.165, 1.54) is 0 Å². The van der Waals surface area contributed by atoms with Gasteiger partial charge in [0.15, 0.2) is 0 Å². The average molecular weight is 420 g/mol. The van der Waals surface area contributed by atoms with Gasteiger partial charge in [-0.05, 0) is 41.0 Å². The SMILES string of the molecule is CCCCNC(=O)N1CCN(C(=O)c2nc(C)nc(C)c2C(=O)OC(C)C)CC1C. The molecule has 0 spiro atoms. The lowest BCUT2D eigenvalue weighted by molar-refractivity contribution is 0.0367. The number of esters is 1. The lowest BCUT2D eigenvalue weighted by Crippen LogP contribution is -2.57. The molecule has 9 heteroatoms. The molecule has 0 aliphatic carbocycles. The second-order valence-electron chi connectivity index (χ2n) is 7.91. The zero-order chi connectivity index (χ0) is 22.4. The van der Waals surface area contributed by atoms with Crippen molar-refractivity contribution in [1.82, 2.24) is 25.1 Å². The van der Waals surface area contributed by atoms with Crippen LogP contribution >= 0.6 is 0 Å². The van der Waals surface area contributed by atoms with Gasteiger partial charge in [-0.2, -0.15) is 0 Å². The molecule has 3 amide bonds. The molecule has 9 nitrogen and oxygen atoms in total. The van der Waals surface area contributed by atoms with Crippen LogP contribution in [0.2, 0.25) is 0 Å². The van der Waals surface area contributed by atoms with E-state index in [1.54, 1.807) is 37.5 Å². The van der Waals surface area contributed by atoms with E-state index in [-0.39, 0.29) is 35.3 Å². The molecule has 1 aliphatic rings. The number of unbranched alkanes of at least 4 members (excludes halogenated alkanes) is 1. The molecule has 1 saturated heterocycles. The number of piperazine rings is 1. The van der Waals surface area contributed by atoms with Gasteiger partial charge in [0.05, 0.1) is 11.8 Å². The van der Waals surface area contributed by atoms with Crippen molar-refractivity contribution in [1.29, 1.82) is 0 Å². The lowest BCUT2D eigenvalue weighted by Gasteiger charge is -2.39. The van der Waals surface area contributed by atoms with Crippen LogP contribution in [-0.4, -0.2) is 76.0 Å². The highest BCUT2D eigenvalue weighted by Crippen LogP contribution is 2.19. The van der Waals surface area contributed by atoms with Crippen LogP contribution in [-0.2, 0) is 4.74 Å². The molecule has 1 aromatic rings. The quantitative estimate of drug-likeness (QED) is 0.560. The maximum atomic E-state index is 13.3. The minimum Gasteiger partial charge on any atom is -0.459 e. The zero-order valence-corrected chi connectivity index (χ0v) is 18.8. The Bertz CT molecular complexity index is 796. The first kappa shape index (κ1) is 23.6. The maximum Gasteiger partial charge on any atom is 0.342 e. The van der Waals surface area contributed by atoms with Gasteiger partial charge in [-0.1, -0.05) is 13.3 Å². The standard InChI is InChI=1S/C21H33N5O4/c1-7-8-9-22-21(29)26-11-10-25(12-14(26)4)19(27)18-17(20(28)30-13(2)3)15(5)23-16(6)24-18/h13-14H,7-12H2,1-6H3,(H,22,29). The van der Waals surface area contributed by atoms with Crippen molar-refractivity contribution in [2.45, 2.75) is 66.5 Å². The van der Waals surface area contributed by atoms with Crippen LogP contribution in [0.3, 0.4) is 0 Å². The summed E-state index contributed by atoms with van der Waals surface area (Å²) in [6.45, 7) is 12.6. The van der Waals surface area contributed by atoms with Crippen LogP contribution < -0.4 is 5.32 Å². The first-order valence-corrected chi connectivity index (χ1v) is 10.6. The minimum atomic E-state index is -0.604. The number of carbonyl (C=O) groups is 3. The van der Waals surface area contributed by atoms with E-state index in [4.69, 9.17) is 4.74 Å². The summed E-state index contributed by atoms with van der Waals surface area (Å²) >= 11 is 0. The monoisotopic (exact) mass is 419 g/mol. The normalized spacial score (nSPS) is 16.6. The van der Waals surface area contributed by atoms with E-state index in [0.29, 0.717) is 37.7 Å². The number of nitrogens with one attached hydrogen (secondary N) is 1. The molecular weight excluding hydrogens is 386 g/mol. The number of ether oxygens (including phenoxy) is 1. The number of hydrogen-bond donors (Lipinski definition) is 1. The minimum absolute atomic E-state index is 0.0543. The fourth-order valence-electron chi connectivity index (χ4n) is 3.45. The van der Waals surface area contributed by atoms with Crippen LogP contribution in [0.1, 0.15) is 72.9 Å². The molecule has 0 radical (unpaired) electrons. The number of aromatic nitrogens is 2. The molecule has 1 unspecified atom stereocenters. The third kappa shape index (κ3) is 5.67. The van der Waals surface area contributed by atoms with Crippen molar-refractivity contribution in [2.75, 3.05) is 26.2 Å². The highest BCUT2D eigenvalue weighted by molar-refractivity contribution is 6.04. The number of aryl methyl sites for hydroxylation is 2. The van der Waals surface area contributed by atoms with Crippen LogP contribution in [0, 0.1) is 13.8 Å². The van der Waals surface area contributed by atoms with Gasteiger partial charge in [0, 0.05) is 32.2 Å². The second kappa shape index (κ2) is 10.4. The summed E-state index contributed by atoms with van der Waals surface area (Å²) in [5.74, 6) is -0.538. The summed E-state index contributed by atoms with van der Waals surface area (Å²) in [5, 5.41) is 2.92. The van der Waals surface area contributed by atoms with E-state index in [9.17, 15) is 14.4 Å². The molecular formula is C21H33N5O4.